The Hall–Kier alpha value is -4.14. The summed E-state index contributed by atoms with van der Waals surface area (Å²) in [6.07, 6.45) is 6.13. The van der Waals surface area contributed by atoms with E-state index in [9.17, 15) is 4.79 Å². The first kappa shape index (κ1) is 24.0. The molecule has 182 valence electrons. The summed E-state index contributed by atoms with van der Waals surface area (Å²) < 4.78 is 4.99. The van der Waals surface area contributed by atoms with E-state index in [0.717, 1.165) is 72.0 Å². The molecule has 0 radical (unpaired) electrons. The number of methoxy groups -OCH3 is 1. The second-order valence-electron chi connectivity index (χ2n) is 8.30. The van der Waals surface area contributed by atoms with Gasteiger partial charge in [0.2, 0.25) is 0 Å². The van der Waals surface area contributed by atoms with Gasteiger partial charge in [0, 0.05) is 43.2 Å². The summed E-state index contributed by atoms with van der Waals surface area (Å²) in [4.78, 5) is 20.4. The summed E-state index contributed by atoms with van der Waals surface area (Å²) in [6, 6.07) is 17.8. The maximum Gasteiger partial charge on any atom is 0.161 e. The molecule has 0 atom stereocenters. The van der Waals surface area contributed by atoms with Crippen LogP contribution >= 0.6 is 0 Å². The average Bonchev–Trinajstić information content (AvgIpc) is 3.64. The van der Waals surface area contributed by atoms with Crippen LogP contribution in [-0.4, -0.2) is 53.7 Å². The Kier molecular flexibility index (Phi) is 8.11. The van der Waals surface area contributed by atoms with E-state index in [1.54, 1.807) is 13.4 Å². The third-order valence-corrected chi connectivity index (χ3v) is 5.74. The number of hydrogen-bond donors (Lipinski definition) is 3. The van der Waals surface area contributed by atoms with E-state index < -0.39 is 0 Å². The van der Waals surface area contributed by atoms with Gasteiger partial charge in [-0.3, -0.25) is 5.10 Å². The first-order valence-electron chi connectivity index (χ1n) is 11.7. The Balaban J connectivity index is 0.000000160. The van der Waals surface area contributed by atoms with Crippen molar-refractivity contribution < 1.29 is 9.53 Å². The second kappa shape index (κ2) is 11.8. The average molecular weight is 474 g/mol. The molecule has 0 unspecified atom stereocenters. The normalized spacial score (nSPS) is 13.9. The van der Waals surface area contributed by atoms with Gasteiger partial charge in [-0.05, 0) is 55.7 Å². The first-order valence-corrected chi connectivity index (χ1v) is 11.7. The molecule has 2 aromatic heterocycles. The smallest absolute Gasteiger partial charge is 0.161 e. The molecule has 0 spiro atoms. The predicted octanol–water partition coefficient (Wildman–Crippen LogP) is 4.64. The highest BCUT2D eigenvalue weighted by molar-refractivity contribution is 5.91. The molecule has 1 saturated heterocycles. The van der Waals surface area contributed by atoms with Gasteiger partial charge in [-0.1, -0.05) is 12.1 Å². The van der Waals surface area contributed by atoms with Crippen LogP contribution < -0.4 is 20.3 Å². The van der Waals surface area contributed by atoms with Crippen molar-refractivity contribution in [1.29, 1.82) is 0 Å². The van der Waals surface area contributed by atoms with Crippen LogP contribution in [0.4, 0.5) is 23.1 Å². The van der Waals surface area contributed by atoms with Crippen molar-refractivity contribution >= 4 is 40.3 Å². The van der Waals surface area contributed by atoms with E-state index in [2.05, 4.69) is 35.7 Å². The fourth-order valence-electron chi connectivity index (χ4n) is 3.30. The summed E-state index contributed by atoms with van der Waals surface area (Å²) in [7, 11) is 3.55. The molecule has 4 aromatic rings. The molecule has 6 rings (SSSR count). The molecule has 1 saturated carbocycles. The second-order valence-corrected chi connectivity index (χ2v) is 8.30. The maximum atomic E-state index is 9.57. The number of nitrogens with zero attached hydrogens (tertiary/aromatic N) is 4. The van der Waals surface area contributed by atoms with Gasteiger partial charge in [0.05, 0.1) is 12.6 Å². The number of hydrogen-bond acceptors (Lipinski definition) is 8. The minimum absolute atomic E-state index is 0.454. The number of H-pyrrole nitrogens is 1. The summed E-state index contributed by atoms with van der Waals surface area (Å²) in [5, 5.41) is 14.6. The van der Waals surface area contributed by atoms with E-state index in [1.165, 1.54) is 6.42 Å². The lowest BCUT2D eigenvalue weighted by Gasteiger charge is -2.31. The Morgan fingerprint density at radius 3 is 2.46 bits per heavy atom. The number of benzene rings is 2. The molecular weight excluding hydrogens is 442 g/mol. The van der Waals surface area contributed by atoms with Crippen LogP contribution in [0, 0.1) is 5.92 Å². The minimum atomic E-state index is 0.454. The van der Waals surface area contributed by atoms with Gasteiger partial charge in [0.25, 0.3) is 0 Å². The zero-order valence-electron chi connectivity index (χ0n) is 20.1. The molecule has 2 aliphatic rings. The molecule has 35 heavy (non-hydrogen) atoms. The molecule has 1 aliphatic carbocycles. The van der Waals surface area contributed by atoms with Gasteiger partial charge in [0.1, 0.15) is 30.0 Å². The molecule has 0 bridgehead atoms. The van der Waals surface area contributed by atoms with Gasteiger partial charge >= 0.3 is 0 Å². The molecule has 2 aromatic carbocycles. The van der Waals surface area contributed by atoms with Crippen molar-refractivity contribution in [3.63, 3.8) is 0 Å². The zero-order chi connectivity index (χ0) is 24.5. The number of anilines is 4. The van der Waals surface area contributed by atoms with Crippen molar-refractivity contribution in [3.8, 4) is 5.75 Å². The van der Waals surface area contributed by atoms with Gasteiger partial charge in [-0.2, -0.15) is 5.10 Å². The number of aromatic nitrogens is 4. The predicted molar refractivity (Wildman–Crippen MR) is 140 cm³/mol. The largest absolute Gasteiger partial charge is 0.497 e. The topological polar surface area (TPSA) is 108 Å². The molecule has 0 amide bonds. The Morgan fingerprint density at radius 1 is 1.09 bits per heavy atom. The zero-order valence-corrected chi connectivity index (χ0v) is 20.1. The van der Waals surface area contributed by atoms with E-state index in [4.69, 9.17) is 4.74 Å². The van der Waals surface area contributed by atoms with Crippen LogP contribution in [-0.2, 0) is 4.79 Å². The Bertz CT molecular complexity index is 1190. The molecule has 3 N–H and O–H groups in total. The van der Waals surface area contributed by atoms with Crippen LogP contribution in [0.1, 0.15) is 19.3 Å². The fourth-order valence-corrected chi connectivity index (χ4v) is 3.30. The van der Waals surface area contributed by atoms with Crippen LogP contribution in [0.15, 0.2) is 60.9 Å². The number of fused-ring (bicyclic) bond motifs is 1. The lowest BCUT2D eigenvalue weighted by Crippen LogP contribution is -2.37. The van der Waals surface area contributed by atoms with Crippen molar-refractivity contribution in [1.82, 2.24) is 20.2 Å². The first-order chi connectivity index (χ1) is 17.2. The SMILES string of the molecule is CNc1ccc(OC)cc1.O=CC1CC1.c1ccc2c(Nc3cc(N4CCC4)ncn3)n[nH]c2c1. The minimum Gasteiger partial charge on any atom is -0.497 e. The lowest BCUT2D eigenvalue weighted by atomic mass is 10.2. The van der Waals surface area contributed by atoms with Gasteiger partial charge < -0.3 is 25.1 Å². The third kappa shape index (κ3) is 6.69. The molecule has 1 aliphatic heterocycles. The van der Waals surface area contributed by atoms with Crippen LogP contribution in [0.2, 0.25) is 0 Å². The Morgan fingerprint density at radius 2 is 1.86 bits per heavy atom. The van der Waals surface area contributed by atoms with E-state index in [0.29, 0.717) is 5.92 Å². The van der Waals surface area contributed by atoms with Crippen LogP contribution in [0.25, 0.3) is 10.9 Å². The molecular formula is C26H31N7O2. The fraction of sp³-hybridized carbons (Fsp3) is 0.308. The number of ether oxygens (including phenoxy) is 1. The highest BCUT2D eigenvalue weighted by Crippen LogP contribution is 2.26. The third-order valence-electron chi connectivity index (χ3n) is 5.74. The molecule has 2 fully saturated rings. The Labute approximate surface area is 204 Å². The van der Waals surface area contributed by atoms with E-state index in [1.807, 2.05) is 61.6 Å². The van der Waals surface area contributed by atoms with Crippen LogP contribution in [0.3, 0.4) is 0 Å². The van der Waals surface area contributed by atoms with Crippen molar-refractivity contribution in [3.05, 3.63) is 60.9 Å². The van der Waals surface area contributed by atoms with Gasteiger partial charge in [-0.15, -0.1) is 0 Å². The van der Waals surface area contributed by atoms with Gasteiger partial charge in [0.15, 0.2) is 5.82 Å². The van der Waals surface area contributed by atoms with Crippen molar-refractivity contribution in [2.45, 2.75) is 19.3 Å². The monoisotopic (exact) mass is 473 g/mol. The molecule has 9 nitrogen and oxygen atoms in total. The number of aromatic amines is 1. The standard InChI is InChI=1S/C14H14N6.C8H11NO.C4H6O/c1-2-5-11-10(4-1)14(19-18-11)17-12-8-13(16-9-15-12)20-6-3-7-20;1-9-7-3-5-8(10-2)6-4-7;5-3-4-1-2-4/h1-2,4-5,8-9H,3,6-7H2,(H2,15,16,17,18,19);3-6,9H,1-2H3;3-4H,1-2H2. The number of aldehydes is 1. The maximum absolute atomic E-state index is 9.57. The number of nitrogens with one attached hydrogen (secondary N) is 3. The summed E-state index contributed by atoms with van der Waals surface area (Å²) >= 11 is 0. The summed E-state index contributed by atoms with van der Waals surface area (Å²) in [6.45, 7) is 2.14. The molecule has 3 heterocycles. The lowest BCUT2D eigenvalue weighted by molar-refractivity contribution is -0.108. The summed E-state index contributed by atoms with van der Waals surface area (Å²) in [5.74, 6) is 3.86. The molecule has 9 heteroatoms. The number of rotatable bonds is 6. The van der Waals surface area contributed by atoms with Crippen LogP contribution in [0.5, 0.6) is 5.75 Å². The van der Waals surface area contributed by atoms with Gasteiger partial charge in [-0.25, -0.2) is 9.97 Å². The number of para-hydroxylation sites is 1. The quantitative estimate of drug-likeness (QED) is 0.348. The number of carbonyl (C=O) groups is 1. The van der Waals surface area contributed by atoms with E-state index >= 15 is 0 Å². The van der Waals surface area contributed by atoms with E-state index in [-0.39, 0.29) is 0 Å². The summed E-state index contributed by atoms with van der Waals surface area (Å²) in [5.41, 5.74) is 2.10. The highest BCUT2D eigenvalue weighted by atomic mass is 16.5. The number of carbonyl (C=O) groups excluding carboxylic acids is 1. The van der Waals surface area contributed by atoms with Crippen molar-refractivity contribution in [2.24, 2.45) is 5.92 Å². The highest BCUT2D eigenvalue weighted by Gasteiger charge is 2.19. The van der Waals surface area contributed by atoms with Crippen molar-refractivity contribution in [2.75, 3.05) is 42.8 Å².